The van der Waals surface area contributed by atoms with Crippen LogP contribution in [-0.2, 0) is 9.59 Å². The van der Waals surface area contributed by atoms with Gasteiger partial charge in [0, 0.05) is 25.0 Å². The molecular formula is C24H32N4O2. The lowest BCUT2D eigenvalue weighted by atomic mass is 9.81. The highest BCUT2D eigenvalue weighted by molar-refractivity contribution is 6.00. The molecule has 2 saturated heterocycles. The summed E-state index contributed by atoms with van der Waals surface area (Å²) in [5.41, 5.74) is 0.249. The van der Waals surface area contributed by atoms with E-state index < -0.39 is 11.6 Å². The fourth-order valence-electron chi connectivity index (χ4n) is 4.89. The number of piperazine rings is 1. The zero-order chi connectivity index (χ0) is 21.3. The van der Waals surface area contributed by atoms with Crippen molar-refractivity contribution >= 4 is 28.5 Å². The summed E-state index contributed by atoms with van der Waals surface area (Å²) in [5, 5.41) is 4.18. The number of hydrogen-bond donors (Lipinski definition) is 1. The van der Waals surface area contributed by atoms with Gasteiger partial charge in [0.05, 0.1) is 5.52 Å². The fraction of sp³-hybridized carbons (Fsp3) is 0.542. The van der Waals surface area contributed by atoms with Gasteiger partial charge in [-0.05, 0) is 49.8 Å². The Bertz CT molecular complexity index is 934. The molecule has 3 heterocycles. The number of benzene rings is 1. The minimum atomic E-state index is -0.728. The third-order valence-corrected chi connectivity index (χ3v) is 6.46. The Labute approximate surface area is 178 Å². The molecule has 1 aromatic heterocycles. The van der Waals surface area contributed by atoms with Gasteiger partial charge in [-0.1, -0.05) is 39.0 Å². The lowest BCUT2D eigenvalue weighted by molar-refractivity contribution is -0.159. The zero-order valence-corrected chi connectivity index (χ0v) is 18.2. The lowest BCUT2D eigenvalue weighted by Gasteiger charge is -2.52. The van der Waals surface area contributed by atoms with Crippen LogP contribution < -0.4 is 10.2 Å². The van der Waals surface area contributed by atoms with Gasteiger partial charge in [-0.15, -0.1) is 0 Å². The summed E-state index contributed by atoms with van der Waals surface area (Å²) in [6, 6.07) is 11.9. The Balaban J connectivity index is 1.54. The zero-order valence-electron chi connectivity index (χ0n) is 18.2. The van der Waals surface area contributed by atoms with Crippen LogP contribution >= 0.6 is 0 Å². The monoisotopic (exact) mass is 408 g/mol. The molecule has 1 aromatic carbocycles. The van der Waals surface area contributed by atoms with Gasteiger partial charge in [0.1, 0.15) is 17.4 Å². The molecule has 1 unspecified atom stereocenters. The fourth-order valence-corrected chi connectivity index (χ4v) is 4.89. The average Bonchev–Trinajstić information content (AvgIpc) is 2.75. The van der Waals surface area contributed by atoms with E-state index in [2.05, 4.69) is 49.2 Å². The van der Waals surface area contributed by atoms with Crippen LogP contribution in [0.2, 0.25) is 0 Å². The van der Waals surface area contributed by atoms with Gasteiger partial charge < -0.3 is 15.1 Å². The van der Waals surface area contributed by atoms with Gasteiger partial charge in [0.2, 0.25) is 11.8 Å². The standard InChI is InChI=1S/C24H32N4O2/c1-4-13-28-22(29)20(16-17(2)3)26-23(30)24(28)11-14-27(15-12-24)21-10-9-18-7-5-6-8-19(18)25-21/h5-10,17,20H,4,11-16H2,1-3H3,(H,26,30). The third-order valence-electron chi connectivity index (χ3n) is 6.46. The van der Waals surface area contributed by atoms with Crippen molar-refractivity contribution in [2.24, 2.45) is 5.92 Å². The number of pyridine rings is 1. The summed E-state index contributed by atoms with van der Waals surface area (Å²) in [6.07, 6.45) is 2.81. The molecule has 2 aliphatic rings. The Morgan fingerprint density at radius 1 is 1.13 bits per heavy atom. The number of piperidine rings is 1. The molecule has 0 saturated carbocycles. The molecule has 160 valence electrons. The summed E-state index contributed by atoms with van der Waals surface area (Å²) in [7, 11) is 0. The number of anilines is 1. The minimum Gasteiger partial charge on any atom is -0.356 e. The highest BCUT2D eigenvalue weighted by Gasteiger charge is 2.53. The summed E-state index contributed by atoms with van der Waals surface area (Å²) in [6.45, 7) is 8.29. The second-order valence-electron chi connectivity index (χ2n) is 9.03. The molecule has 1 atom stereocenters. The van der Waals surface area contributed by atoms with Crippen molar-refractivity contribution in [3.05, 3.63) is 36.4 Å². The quantitative estimate of drug-likeness (QED) is 0.824. The number of carbonyl (C=O) groups is 2. The van der Waals surface area contributed by atoms with E-state index >= 15 is 0 Å². The Kier molecular flexibility index (Phi) is 5.67. The van der Waals surface area contributed by atoms with Crippen molar-refractivity contribution in [3.8, 4) is 0 Å². The highest BCUT2D eigenvalue weighted by Crippen LogP contribution is 2.35. The first-order chi connectivity index (χ1) is 14.4. The number of hydrogen-bond acceptors (Lipinski definition) is 4. The van der Waals surface area contributed by atoms with Crippen molar-refractivity contribution in [2.75, 3.05) is 24.5 Å². The number of nitrogens with zero attached hydrogens (tertiary/aromatic N) is 3. The molecule has 30 heavy (non-hydrogen) atoms. The number of aromatic nitrogens is 1. The van der Waals surface area contributed by atoms with Crippen molar-refractivity contribution in [2.45, 2.75) is 58.0 Å². The maximum absolute atomic E-state index is 13.3. The summed E-state index contributed by atoms with van der Waals surface area (Å²) in [5.74, 6) is 1.40. The smallest absolute Gasteiger partial charge is 0.246 e. The Morgan fingerprint density at radius 3 is 2.57 bits per heavy atom. The predicted octanol–water partition coefficient (Wildman–Crippen LogP) is 3.36. The molecule has 6 heteroatoms. The molecule has 2 aromatic rings. The first kappa shape index (κ1) is 20.6. The minimum absolute atomic E-state index is 0.0207. The van der Waals surface area contributed by atoms with Crippen LogP contribution in [0.4, 0.5) is 5.82 Å². The van der Waals surface area contributed by atoms with E-state index in [0.29, 0.717) is 44.8 Å². The van der Waals surface area contributed by atoms with E-state index in [0.717, 1.165) is 23.1 Å². The second-order valence-corrected chi connectivity index (χ2v) is 9.03. The number of rotatable bonds is 5. The molecule has 0 radical (unpaired) electrons. The van der Waals surface area contributed by atoms with Gasteiger partial charge in [0.25, 0.3) is 0 Å². The van der Waals surface area contributed by atoms with E-state index in [9.17, 15) is 9.59 Å². The van der Waals surface area contributed by atoms with E-state index in [1.165, 1.54) is 0 Å². The number of amides is 2. The van der Waals surface area contributed by atoms with E-state index in [4.69, 9.17) is 4.98 Å². The van der Waals surface area contributed by atoms with Crippen LogP contribution in [0.1, 0.15) is 46.5 Å². The second kappa shape index (κ2) is 8.25. The average molecular weight is 409 g/mol. The molecule has 2 aliphatic heterocycles. The van der Waals surface area contributed by atoms with E-state index in [1.54, 1.807) is 0 Å². The molecule has 0 aliphatic carbocycles. The van der Waals surface area contributed by atoms with Crippen LogP contribution in [0.3, 0.4) is 0 Å². The van der Waals surface area contributed by atoms with Gasteiger partial charge in [-0.2, -0.15) is 0 Å². The number of nitrogens with one attached hydrogen (secondary N) is 1. The summed E-state index contributed by atoms with van der Waals surface area (Å²) >= 11 is 0. The first-order valence-corrected chi connectivity index (χ1v) is 11.2. The lowest BCUT2D eigenvalue weighted by Crippen LogP contribution is -2.73. The Hall–Kier alpha value is -2.63. The molecule has 1 N–H and O–H groups in total. The highest BCUT2D eigenvalue weighted by atomic mass is 16.2. The SMILES string of the molecule is CCCN1C(=O)C(CC(C)C)NC(=O)C12CCN(c1ccc3ccccc3n1)CC2. The maximum Gasteiger partial charge on any atom is 0.246 e. The largest absolute Gasteiger partial charge is 0.356 e. The molecule has 6 nitrogen and oxygen atoms in total. The van der Waals surface area contributed by atoms with Crippen LogP contribution in [0.15, 0.2) is 36.4 Å². The number of para-hydroxylation sites is 1. The van der Waals surface area contributed by atoms with Crippen LogP contribution in [0.25, 0.3) is 10.9 Å². The molecule has 0 bridgehead atoms. The maximum atomic E-state index is 13.3. The van der Waals surface area contributed by atoms with Gasteiger partial charge >= 0.3 is 0 Å². The number of fused-ring (bicyclic) bond motifs is 1. The molecule has 2 fully saturated rings. The van der Waals surface area contributed by atoms with Crippen LogP contribution in [0.5, 0.6) is 0 Å². The van der Waals surface area contributed by atoms with Crippen molar-refractivity contribution in [3.63, 3.8) is 0 Å². The van der Waals surface area contributed by atoms with Crippen molar-refractivity contribution in [1.29, 1.82) is 0 Å². The summed E-state index contributed by atoms with van der Waals surface area (Å²) in [4.78, 5) is 35.5. The Morgan fingerprint density at radius 2 is 1.87 bits per heavy atom. The molecular weight excluding hydrogens is 376 g/mol. The number of carbonyl (C=O) groups excluding carboxylic acids is 2. The summed E-state index contributed by atoms with van der Waals surface area (Å²) < 4.78 is 0. The van der Waals surface area contributed by atoms with E-state index in [1.807, 2.05) is 23.1 Å². The van der Waals surface area contributed by atoms with Gasteiger partial charge in [0.15, 0.2) is 0 Å². The van der Waals surface area contributed by atoms with Crippen molar-refractivity contribution in [1.82, 2.24) is 15.2 Å². The molecule has 2 amide bonds. The third kappa shape index (κ3) is 3.64. The van der Waals surface area contributed by atoms with Gasteiger partial charge in [-0.25, -0.2) is 4.98 Å². The van der Waals surface area contributed by atoms with Gasteiger partial charge in [-0.3, -0.25) is 9.59 Å². The van der Waals surface area contributed by atoms with Crippen LogP contribution in [0, 0.1) is 5.92 Å². The predicted molar refractivity (Wildman–Crippen MR) is 119 cm³/mol. The molecule has 1 spiro atoms. The van der Waals surface area contributed by atoms with Crippen molar-refractivity contribution < 1.29 is 9.59 Å². The normalized spacial score (nSPS) is 21.5. The van der Waals surface area contributed by atoms with E-state index in [-0.39, 0.29) is 11.8 Å². The first-order valence-electron chi connectivity index (χ1n) is 11.2. The topological polar surface area (TPSA) is 65.5 Å². The van der Waals surface area contributed by atoms with Crippen LogP contribution in [-0.4, -0.2) is 52.9 Å². The molecule has 4 rings (SSSR count).